The summed E-state index contributed by atoms with van der Waals surface area (Å²) in [6.45, 7) is 0.572. The van der Waals surface area contributed by atoms with Gasteiger partial charge in [-0.05, 0) is 43.5 Å². The number of primary amides is 1. The van der Waals surface area contributed by atoms with Crippen LogP contribution < -0.4 is 10.5 Å². The monoisotopic (exact) mass is 406 g/mol. The Morgan fingerprint density at radius 3 is 2.60 bits per heavy atom. The quantitative estimate of drug-likeness (QED) is 0.674. The average molecular weight is 406 g/mol. The Bertz CT molecular complexity index is 1020. The predicted molar refractivity (Wildman–Crippen MR) is 108 cm³/mol. The Labute approximate surface area is 173 Å². The van der Waals surface area contributed by atoms with Gasteiger partial charge < -0.3 is 19.9 Å². The second-order valence-corrected chi connectivity index (χ2v) is 7.10. The lowest BCUT2D eigenvalue weighted by atomic mass is 10.0. The number of ether oxygens (including phenoxy) is 1. The van der Waals surface area contributed by atoms with E-state index >= 15 is 0 Å². The first-order chi connectivity index (χ1) is 14.6. The summed E-state index contributed by atoms with van der Waals surface area (Å²) in [7, 11) is 0. The van der Waals surface area contributed by atoms with E-state index in [1.54, 1.807) is 29.2 Å². The summed E-state index contributed by atoms with van der Waals surface area (Å²) >= 11 is 0. The van der Waals surface area contributed by atoms with Gasteiger partial charge >= 0.3 is 0 Å². The predicted octanol–water partition coefficient (Wildman–Crippen LogP) is 2.97. The molecular formula is C22H22N4O4. The summed E-state index contributed by atoms with van der Waals surface area (Å²) < 4.78 is 11.1. The number of nitrogens with zero attached hydrogens (tertiary/aromatic N) is 3. The molecule has 8 nitrogen and oxygen atoms in total. The molecule has 2 N–H and O–H groups in total. The second kappa shape index (κ2) is 8.77. The summed E-state index contributed by atoms with van der Waals surface area (Å²) in [6, 6.07) is 15.6. The molecule has 2 amide bonds. The topological polar surface area (TPSA) is 112 Å². The van der Waals surface area contributed by atoms with Crippen molar-refractivity contribution in [1.29, 1.82) is 0 Å². The minimum atomic E-state index is -0.496. The molecular weight excluding hydrogens is 384 g/mol. The van der Waals surface area contributed by atoms with Gasteiger partial charge in [0.1, 0.15) is 11.8 Å². The van der Waals surface area contributed by atoms with Crippen LogP contribution >= 0.6 is 0 Å². The standard InChI is InChI=1S/C22H22N4O4/c23-20(28)15-9-11-16(12-10-15)21-24-22(30-25-21)18-8-4-5-13-26(18)19(27)14-29-17-6-2-1-3-7-17/h1-3,6-7,9-12,18H,4-5,8,13-14H2,(H2,23,28)/t18-/m1/s1. The first-order valence-electron chi connectivity index (χ1n) is 9.83. The molecule has 1 aliphatic heterocycles. The van der Waals surface area contributed by atoms with Crippen molar-refractivity contribution < 1.29 is 18.8 Å². The molecule has 30 heavy (non-hydrogen) atoms. The average Bonchev–Trinajstić information content (AvgIpc) is 3.28. The molecule has 4 rings (SSSR count). The van der Waals surface area contributed by atoms with Gasteiger partial charge in [-0.2, -0.15) is 4.98 Å². The number of aromatic nitrogens is 2. The van der Waals surface area contributed by atoms with E-state index in [0.717, 1.165) is 19.3 Å². The SMILES string of the molecule is NC(=O)c1ccc(-c2noc([C@H]3CCCCN3C(=O)COc3ccccc3)n2)cc1. The van der Waals surface area contributed by atoms with E-state index in [1.807, 2.05) is 30.3 Å². The molecule has 0 radical (unpaired) electrons. The van der Waals surface area contributed by atoms with E-state index in [1.165, 1.54) is 0 Å². The van der Waals surface area contributed by atoms with Gasteiger partial charge in [0.05, 0.1) is 0 Å². The van der Waals surface area contributed by atoms with Crippen molar-refractivity contribution >= 4 is 11.8 Å². The summed E-state index contributed by atoms with van der Waals surface area (Å²) in [6.07, 6.45) is 2.64. The number of likely N-dealkylation sites (tertiary alicyclic amines) is 1. The highest BCUT2D eigenvalue weighted by atomic mass is 16.5. The van der Waals surface area contributed by atoms with Crippen molar-refractivity contribution in [2.75, 3.05) is 13.2 Å². The Hall–Kier alpha value is -3.68. The van der Waals surface area contributed by atoms with Crippen molar-refractivity contribution in [2.24, 2.45) is 5.73 Å². The highest BCUT2D eigenvalue weighted by Gasteiger charge is 2.32. The van der Waals surface area contributed by atoms with E-state index < -0.39 is 5.91 Å². The van der Waals surface area contributed by atoms with Crippen molar-refractivity contribution in [2.45, 2.75) is 25.3 Å². The minimum Gasteiger partial charge on any atom is -0.484 e. The van der Waals surface area contributed by atoms with Crippen LogP contribution in [0.1, 0.15) is 41.6 Å². The number of piperidine rings is 1. The van der Waals surface area contributed by atoms with Crippen LogP contribution in [-0.2, 0) is 4.79 Å². The number of rotatable bonds is 6. The molecule has 1 fully saturated rings. The van der Waals surface area contributed by atoms with Crippen molar-refractivity contribution in [3.63, 3.8) is 0 Å². The molecule has 1 aliphatic rings. The van der Waals surface area contributed by atoms with Crippen molar-refractivity contribution in [1.82, 2.24) is 15.0 Å². The zero-order chi connectivity index (χ0) is 20.9. The van der Waals surface area contributed by atoms with E-state index in [4.69, 9.17) is 15.0 Å². The molecule has 0 spiro atoms. The van der Waals surface area contributed by atoms with Crippen LogP contribution in [0.5, 0.6) is 5.75 Å². The zero-order valence-electron chi connectivity index (χ0n) is 16.4. The minimum absolute atomic E-state index is 0.0455. The molecule has 8 heteroatoms. The third-order valence-corrected chi connectivity index (χ3v) is 5.08. The normalized spacial score (nSPS) is 16.3. The third-order valence-electron chi connectivity index (χ3n) is 5.08. The zero-order valence-corrected chi connectivity index (χ0v) is 16.4. The second-order valence-electron chi connectivity index (χ2n) is 7.10. The Morgan fingerprint density at radius 2 is 1.87 bits per heavy atom. The van der Waals surface area contributed by atoms with Gasteiger partial charge in [-0.15, -0.1) is 0 Å². The first kappa shape index (κ1) is 19.6. The van der Waals surface area contributed by atoms with Crippen LogP contribution in [-0.4, -0.2) is 40.0 Å². The molecule has 3 aromatic rings. The fraction of sp³-hybridized carbons (Fsp3) is 0.273. The van der Waals surface area contributed by atoms with Gasteiger partial charge in [0, 0.05) is 17.7 Å². The van der Waals surface area contributed by atoms with Gasteiger partial charge in [0.15, 0.2) is 6.61 Å². The Balaban J connectivity index is 1.47. The lowest BCUT2D eigenvalue weighted by Crippen LogP contribution is -2.41. The molecule has 0 bridgehead atoms. The van der Waals surface area contributed by atoms with Crippen molar-refractivity contribution in [3.8, 4) is 17.1 Å². The summed E-state index contributed by atoms with van der Waals surface area (Å²) in [5.74, 6) is 0.841. The van der Waals surface area contributed by atoms with E-state index in [9.17, 15) is 9.59 Å². The largest absolute Gasteiger partial charge is 0.484 e. The number of benzene rings is 2. The van der Waals surface area contributed by atoms with E-state index in [0.29, 0.717) is 35.1 Å². The number of hydrogen-bond donors (Lipinski definition) is 1. The van der Waals surface area contributed by atoms with Crippen molar-refractivity contribution in [3.05, 3.63) is 66.1 Å². The molecule has 2 aromatic carbocycles. The Kier molecular flexibility index (Phi) is 5.74. The van der Waals surface area contributed by atoms with Gasteiger partial charge in [0.25, 0.3) is 5.91 Å². The smallest absolute Gasteiger partial charge is 0.261 e. The third kappa shape index (κ3) is 4.32. The van der Waals surface area contributed by atoms with Gasteiger partial charge in [-0.3, -0.25) is 9.59 Å². The first-order valence-corrected chi connectivity index (χ1v) is 9.83. The van der Waals surface area contributed by atoms with Gasteiger partial charge in [-0.1, -0.05) is 35.5 Å². The van der Waals surface area contributed by atoms with E-state index in [-0.39, 0.29) is 18.6 Å². The summed E-state index contributed by atoms with van der Waals surface area (Å²) in [5.41, 5.74) is 6.39. The van der Waals surface area contributed by atoms with E-state index in [2.05, 4.69) is 10.1 Å². The van der Waals surface area contributed by atoms with Crippen LogP contribution in [0.2, 0.25) is 0 Å². The molecule has 0 unspecified atom stereocenters. The molecule has 1 aromatic heterocycles. The number of carbonyl (C=O) groups excluding carboxylic acids is 2. The van der Waals surface area contributed by atoms with Gasteiger partial charge in [0.2, 0.25) is 17.6 Å². The Morgan fingerprint density at radius 1 is 1.10 bits per heavy atom. The van der Waals surface area contributed by atoms with Crippen LogP contribution in [0.25, 0.3) is 11.4 Å². The fourth-order valence-corrected chi connectivity index (χ4v) is 3.50. The number of para-hydroxylation sites is 1. The maximum atomic E-state index is 12.8. The molecule has 1 saturated heterocycles. The summed E-state index contributed by atoms with van der Waals surface area (Å²) in [4.78, 5) is 30.3. The maximum absolute atomic E-state index is 12.8. The van der Waals surface area contributed by atoms with Crippen LogP contribution in [0.4, 0.5) is 0 Å². The molecule has 1 atom stereocenters. The molecule has 0 saturated carbocycles. The highest BCUT2D eigenvalue weighted by Crippen LogP contribution is 2.31. The van der Waals surface area contributed by atoms with Crippen LogP contribution in [0.15, 0.2) is 59.1 Å². The fourth-order valence-electron chi connectivity index (χ4n) is 3.50. The lowest BCUT2D eigenvalue weighted by molar-refractivity contribution is -0.138. The van der Waals surface area contributed by atoms with Gasteiger partial charge in [-0.25, -0.2) is 0 Å². The number of amides is 2. The molecule has 154 valence electrons. The van der Waals surface area contributed by atoms with Crippen LogP contribution in [0.3, 0.4) is 0 Å². The summed E-state index contributed by atoms with van der Waals surface area (Å²) in [5, 5.41) is 4.05. The molecule has 2 heterocycles. The lowest BCUT2D eigenvalue weighted by Gasteiger charge is -2.33. The maximum Gasteiger partial charge on any atom is 0.261 e. The number of carbonyl (C=O) groups is 2. The number of nitrogens with two attached hydrogens (primary N) is 1. The van der Waals surface area contributed by atoms with Crippen LogP contribution in [0, 0.1) is 0 Å². The molecule has 0 aliphatic carbocycles. The highest BCUT2D eigenvalue weighted by molar-refractivity contribution is 5.93. The number of hydrogen-bond acceptors (Lipinski definition) is 6.